The number of fused-ring (bicyclic) bond motifs is 1. The third kappa shape index (κ3) is 2.00. The Morgan fingerprint density at radius 1 is 1.60 bits per heavy atom. The Balaban J connectivity index is 2.13. The number of esters is 1. The van der Waals surface area contributed by atoms with Gasteiger partial charge in [-0.3, -0.25) is 4.79 Å². The Labute approximate surface area is 93.2 Å². The number of carbonyl (C=O) groups is 1. The van der Waals surface area contributed by atoms with E-state index in [0.29, 0.717) is 11.8 Å². The SMILES string of the molecule is CCOC(=O)Cn1nc2c(c1Cl)CCC2. The van der Waals surface area contributed by atoms with E-state index >= 15 is 0 Å². The minimum Gasteiger partial charge on any atom is -0.465 e. The zero-order valence-electron chi connectivity index (χ0n) is 8.62. The molecule has 0 atom stereocenters. The van der Waals surface area contributed by atoms with Crippen LogP contribution in [-0.2, 0) is 28.9 Å². The number of ether oxygens (including phenoxy) is 1. The molecular weight excluding hydrogens is 216 g/mol. The molecule has 0 radical (unpaired) electrons. The number of carbonyl (C=O) groups excluding carboxylic acids is 1. The third-order valence-electron chi connectivity index (χ3n) is 2.49. The number of hydrogen-bond donors (Lipinski definition) is 0. The lowest BCUT2D eigenvalue weighted by atomic mass is 10.3. The highest BCUT2D eigenvalue weighted by Crippen LogP contribution is 2.28. The molecule has 1 aliphatic rings. The molecule has 0 bridgehead atoms. The fourth-order valence-corrected chi connectivity index (χ4v) is 2.14. The van der Waals surface area contributed by atoms with Crippen LogP contribution in [0.4, 0.5) is 0 Å². The first-order valence-electron chi connectivity index (χ1n) is 5.12. The predicted octanol–water partition coefficient (Wildman–Crippen LogP) is 1.59. The number of halogens is 1. The first-order valence-corrected chi connectivity index (χ1v) is 5.50. The minimum atomic E-state index is -0.291. The van der Waals surface area contributed by atoms with Crippen LogP contribution in [0.25, 0.3) is 0 Å². The highest BCUT2D eigenvalue weighted by Gasteiger charge is 2.21. The van der Waals surface area contributed by atoms with Gasteiger partial charge in [-0.05, 0) is 26.2 Å². The summed E-state index contributed by atoms with van der Waals surface area (Å²) >= 11 is 6.11. The lowest BCUT2D eigenvalue weighted by molar-refractivity contribution is -0.144. The van der Waals surface area contributed by atoms with Gasteiger partial charge in [-0.2, -0.15) is 5.10 Å². The Kier molecular flexibility index (Phi) is 2.95. The monoisotopic (exact) mass is 228 g/mol. The van der Waals surface area contributed by atoms with Crippen LogP contribution in [0.2, 0.25) is 5.15 Å². The van der Waals surface area contributed by atoms with Crippen molar-refractivity contribution in [1.82, 2.24) is 9.78 Å². The van der Waals surface area contributed by atoms with E-state index < -0.39 is 0 Å². The molecule has 1 aliphatic carbocycles. The highest BCUT2D eigenvalue weighted by molar-refractivity contribution is 6.30. The molecule has 0 aromatic carbocycles. The topological polar surface area (TPSA) is 44.1 Å². The largest absolute Gasteiger partial charge is 0.465 e. The Bertz CT molecular complexity index is 387. The molecule has 0 amide bonds. The number of hydrogen-bond acceptors (Lipinski definition) is 3. The van der Waals surface area contributed by atoms with Crippen LogP contribution in [-0.4, -0.2) is 22.4 Å². The molecule has 15 heavy (non-hydrogen) atoms. The van der Waals surface area contributed by atoms with Gasteiger partial charge in [-0.25, -0.2) is 4.68 Å². The van der Waals surface area contributed by atoms with E-state index in [4.69, 9.17) is 16.3 Å². The third-order valence-corrected chi connectivity index (χ3v) is 2.91. The van der Waals surface area contributed by atoms with Gasteiger partial charge in [-0.1, -0.05) is 11.6 Å². The number of nitrogens with zero attached hydrogens (tertiary/aromatic N) is 2. The molecule has 1 aromatic heterocycles. The van der Waals surface area contributed by atoms with Crippen LogP contribution in [0.15, 0.2) is 0 Å². The fraction of sp³-hybridized carbons (Fsp3) is 0.600. The molecule has 0 spiro atoms. The molecule has 0 unspecified atom stereocenters. The maximum absolute atomic E-state index is 11.2. The summed E-state index contributed by atoms with van der Waals surface area (Å²) in [5, 5.41) is 4.89. The normalized spacial score (nSPS) is 14.0. The average Bonchev–Trinajstić information content (AvgIpc) is 2.72. The van der Waals surface area contributed by atoms with Crippen molar-refractivity contribution < 1.29 is 9.53 Å². The van der Waals surface area contributed by atoms with Crippen LogP contribution >= 0.6 is 11.6 Å². The molecule has 0 saturated heterocycles. The lowest BCUT2D eigenvalue weighted by Crippen LogP contribution is -2.15. The Morgan fingerprint density at radius 2 is 2.40 bits per heavy atom. The Morgan fingerprint density at radius 3 is 3.07 bits per heavy atom. The van der Waals surface area contributed by atoms with Crippen molar-refractivity contribution in [2.24, 2.45) is 0 Å². The predicted molar refractivity (Wildman–Crippen MR) is 55.9 cm³/mol. The van der Waals surface area contributed by atoms with Gasteiger partial charge in [0.05, 0.1) is 12.3 Å². The molecule has 2 rings (SSSR count). The van der Waals surface area contributed by atoms with Crippen molar-refractivity contribution in [3.8, 4) is 0 Å². The summed E-state index contributed by atoms with van der Waals surface area (Å²) in [6.07, 6.45) is 3.04. The van der Waals surface area contributed by atoms with Gasteiger partial charge in [0.1, 0.15) is 11.7 Å². The molecule has 4 nitrogen and oxygen atoms in total. The second kappa shape index (κ2) is 4.23. The summed E-state index contributed by atoms with van der Waals surface area (Å²) in [5.41, 5.74) is 2.13. The summed E-state index contributed by atoms with van der Waals surface area (Å²) in [6.45, 7) is 2.28. The van der Waals surface area contributed by atoms with Crippen molar-refractivity contribution >= 4 is 17.6 Å². The fourth-order valence-electron chi connectivity index (χ4n) is 1.84. The quantitative estimate of drug-likeness (QED) is 0.738. The summed E-state index contributed by atoms with van der Waals surface area (Å²) in [7, 11) is 0. The molecule has 0 saturated carbocycles. The highest BCUT2D eigenvalue weighted by atomic mass is 35.5. The molecule has 1 heterocycles. The second-order valence-corrected chi connectivity index (χ2v) is 3.89. The number of aromatic nitrogens is 2. The van der Waals surface area contributed by atoms with Gasteiger partial charge in [0.15, 0.2) is 0 Å². The van der Waals surface area contributed by atoms with Crippen molar-refractivity contribution in [1.29, 1.82) is 0 Å². The smallest absolute Gasteiger partial charge is 0.327 e. The van der Waals surface area contributed by atoms with E-state index in [-0.39, 0.29) is 12.5 Å². The van der Waals surface area contributed by atoms with Gasteiger partial charge in [-0.15, -0.1) is 0 Å². The van der Waals surface area contributed by atoms with Gasteiger partial charge in [0.25, 0.3) is 0 Å². The molecule has 0 fully saturated rings. The summed E-state index contributed by atoms with van der Waals surface area (Å²) in [6, 6.07) is 0. The van der Waals surface area contributed by atoms with Gasteiger partial charge in [0.2, 0.25) is 0 Å². The van der Waals surface area contributed by atoms with Gasteiger partial charge < -0.3 is 4.74 Å². The Hall–Kier alpha value is -1.03. The van der Waals surface area contributed by atoms with Crippen LogP contribution < -0.4 is 0 Å². The van der Waals surface area contributed by atoms with Crippen molar-refractivity contribution in [2.45, 2.75) is 32.7 Å². The van der Waals surface area contributed by atoms with Crippen LogP contribution in [0, 0.1) is 0 Å². The summed E-state index contributed by atoms with van der Waals surface area (Å²) in [5.74, 6) is -0.291. The van der Waals surface area contributed by atoms with E-state index in [1.807, 2.05) is 0 Å². The molecule has 0 N–H and O–H groups in total. The van der Waals surface area contributed by atoms with Crippen molar-refractivity contribution in [2.75, 3.05) is 6.61 Å². The van der Waals surface area contributed by atoms with E-state index in [2.05, 4.69) is 5.10 Å². The van der Waals surface area contributed by atoms with E-state index in [1.54, 1.807) is 6.92 Å². The average molecular weight is 229 g/mol. The minimum absolute atomic E-state index is 0.111. The van der Waals surface area contributed by atoms with E-state index in [0.717, 1.165) is 30.5 Å². The molecule has 82 valence electrons. The molecule has 0 aliphatic heterocycles. The maximum Gasteiger partial charge on any atom is 0.327 e. The standard InChI is InChI=1S/C10H13ClN2O2/c1-2-15-9(14)6-13-10(11)7-4-3-5-8(7)12-13/h2-6H2,1H3. The molecular formula is C10H13ClN2O2. The maximum atomic E-state index is 11.2. The molecule has 1 aromatic rings. The van der Waals surface area contributed by atoms with Crippen LogP contribution in [0.5, 0.6) is 0 Å². The lowest BCUT2D eigenvalue weighted by Gasteiger charge is -2.03. The van der Waals surface area contributed by atoms with Gasteiger partial charge in [0, 0.05) is 5.56 Å². The number of rotatable bonds is 3. The van der Waals surface area contributed by atoms with E-state index in [1.165, 1.54) is 4.68 Å². The zero-order chi connectivity index (χ0) is 10.8. The zero-order valence-corrected chi connectivity index (χ0v) is 9.38. The summed E-state index contributed by atoms with van der Waals surface area (Å²) in [4.78, 5) is 11.2. The first-order chi connectivity index (χ1) is 7.22. The van der Waals surface area contributed by atoms with Crippen LogP contribution in [0.3, 0.4) is 0 Å². The molecule has 5 heteroatoms. The van der Waals surface area contributed by atoms with Crippen molar-refractivity contribution in [3.63, 3.8) is 0 Å². The number of aryl methyl sites for hydroxylation is 1. The van der Waals surface area contributed by atoms with Crippen molar-refractivity contribution in [3.05, 3.63) is 16.4 Å². The van der Waals surface area contributed by atoms with Gasteiger partial charge >= 0.3 is 5.97 Å². The first kappa shape index (κ1) is 10.5. The second-order valence-electron chi connectivity index (χ2n) is 3.53. The van der Waals surface area contributed by atoms with Crippen LogP contribution in [0.1, 0.15) is 24.6 Å². The summed E-state index contributed by atoms with van der Waals surface area (Å²) < 4.78 is 6.37. The van der Waals surface area contributed by atoms with E-state index in [9.17, 15) is 4.79 Å².